The molecule has 0 N–H and O–H groups in total. The summed E-state index contributed by atoms with van der Waals surface area (Å²) in [4.78, 5) is 15.2. The third-order valence-corrected chi connectivity index (χ3v) is 4.59. The first-order valence-corrected chi connectivity index (χ1v) is 8.26. The van der Waals surface area contributed by atoms with E-state index >= 15 is 0 Å². The van der Waals surface area contributed by atoms with Gasteiger partial charge < -0.3 is 0 Å². The van der Waals surface area contributed by atoms with E-state index < -0.39 is 4.92 Å². The highest BCUT2D eigenvalue weighted by atomic mass is 79.9. The van der Waals surface area contributed by atoms with Crippen molar-refractivity contribution in [3.63, 3.8) is 0 Å². The van der Waals surface area contributed by atoms with E-state index in [1.165, 1.54) is 23.9 Å². The summed E-state index contributed by atoms with van der Waals surface area (Å²) >= 11 is 8.00. The molecule has 0 spiro atoms. The number of aromatic nitrogens is 1. The summed E-state index contributed by atoms with van der Waals surface area (Å²) in [5.74, 6) is 0. The van der Waals surface area contributed by atoms with Crippen LogP contribution in [0.25, 0.3) is 0 Å². The molecule has 0 amide bonds. The van der Waals surface area contributed by atoms with Crippen LogP contribution >= 0.6 is 43.6 Å². The Bertz CT molecular complexity index is 714. The van der Waals surface area contributed by atoms with Gasteiger partial charge in [0, 0.05) is 23.2 Å². The van der Waals surface area contributed by atoms with E-state index in [1.54, 1.807) is 24.4 Å². The second kappa shape index (κ2) is 7.02. The number of alkyl halides is 2. The molecular formula is C13H7Br2N3O2S. The molecule has 0 fully saturated rings. The molecule has 0 aliphatic rings. The molecule has 0 saturated heterocycles. The predicted molar refractivity (Wildman–Crippen MR) is 86.8 cm³/mol. The summed E-state index contributed by atoms with van der Waals surface area (Å²) in [6.07, 6.45) is 1.67. The van der Waals surface area contributed by atoms with Crippen LogP contribution in [0, 0.1) is 21.4 Å². The highest BCUT2D eigenvalue weighted by Crippen LogP contribution is 2.34. The minimum Gasteiger partial charge on any atom is -0.258 e. The molecule has 0 atom stereocenters. The van der Waals surface area contributed by atoms with Crippen LogP contribution in [0.2, 0.25) is 0 Å². The fraction of sp³-hybridized carbons (Fsp3) is 0.0769. The number of nitro groups is 1. The standard InChI is InChI=1S/C13H7Br2N3O2S/c14-12(15)9-5-8(6-16)13(17-7-9)21-11-3-1-10(2-4-11)18(19)20/h1-5,7,12H. The molecule has 0 radical (unpaired) electrons. The highest BCUT2D eigenvalue weighted by Gasteiger charge is 2.11. The van der Waals surface area contributed by atoms with Crippen molar-refractivity contribution in [1.29, 1.82) is 5.26 Å². The zero-order valence-electron chi connectivity index (χ0n) is 10.4. The number of nitriles is 1. The van der Waals surface area contributed by atoms with E-state index in [0.717, 1.165) is 10.5 Å². The number of non-ortho nitro benzene ring substituents is 1. The van der Waals surface area contributed by atoms with Gasteiger partial charge in [0.15, 0.2) is 0 Å². The van der Waals surface area contributed by atoms with Gasteiger partial charge in [-0.05, 0) is 23.8 Å². The van der Waals surface area contributed by atoms with Gasteiger partial charge in [-0.25, -0.2) is 4.98 Å². The van der Waals surface area contributed by atoms with E-state index in [2.05, 4.69) is 42.9 Å². The molecule has 2 rings (SSSR count). The summed E-state index contributed by atoms with van der Waals surface area (Å²) in [6, 6.07) is 9.98. The van der Waals surface area contributed by atoms with Crippen molar-refractivity contribution in [2.45, 2.75) is 13.7 Å². The molecule has 1 aromatic carbocycles. The molecule has 0 bridgehead atoms. The molecule has 2 aromatic rings. The Labute approximate surface area is 141 Å². The van der Waals surface area contributed by atoms with Gasteiger partial charge in [0.1, 0.15) is 11.1 Å². The lowest BCUT2D eigenvalue weighted by atomic mass is 10.2. The smallest absolute Gasteiger partial charge is 0.258 e. The fourth-order valence-corrected chi connectivity index (χ4v) is 2.81. The van der Waals surface area contributed by atoms with Crippen molar-refractivity contribution >= 4 is 49.3 Å². The Balaban J connectivity index is 2.27. The van der Waals surface area contributed by atoms with Crippen molar-refractivity contribution < 1.29 is 4.92 Å². The molecule has 0 aliphatic heterocycles. The topological polar surface area (TPSA) is 79.8 Å². The van der Waals surface area contributed by atoms with Crippen LogP contribution in [0.3, 0.4) is 0 Å². The van der Waals surface area contributed by atoms with Crippen LogP contribution in [0.1, 0.15) is 14.9 Å². The van der Waals surface area contributed by atoms with Gasteiger partial charge >= 0.3 is 0 Å². The molecule has 21 heavy (non-hydrogen) atoms. The van der Waals surface area contributed by atoms with E-state index in [1.807, 2.05) is 0 Å². The average molecular weight is 429 g/mol. The van der Waals surface area contributed by atoms with Crippen LogP contribution in [-0.4, -0.2) is 9.91 Å². The summed E-state index contributed by atoms with van der Waals surface area (Å²) in [5.41, 5.74) is 1.34. The third kappa shape index (κ3) is 4.03. The first-order valence-electron chi connectivity index (χ1n) is 5.61. The van der Waals surface area contributed by atoms with Crippen LogP contribution in [0.5, 0.6) is 0 Å². The second-order valence-corrected chi connectivity index (χ2v) is 8.01. The van der Waals surface area contributed by atoms with E-state index in [0.29, 0.717) is 10.6 Å². The lowest BCUT2D eigenvalue weighted by Crippen LogP contribution is -1.91. The van der Waals surface area contributed by atoms with Crippen molar-refractivity contribution in [2.75, 3.05) is 0 Å². The molecule has 1 aromatic heterocycles. The van der Waals surface area contributed by atoms with Crippen molar-refractivity contribution in [3.05, 3.63) is 57.8 Å². The summed E-state index contributed by atoms with van der Waals surface area (Å²) < 4.78 is -0.0666. The maximum absolute atomic E-state index is 10.6. The molecule has 0 saturated carbocycles. The number of nitro benzene ring substituents is 1. The van der Waals surface area contributed by atoms with Crippen molar-refractivity contribution in [1.82, 2.24) is 4.98 Å². The lowest BCUT2D eigenvalue weighted by Gasteiger charge is -2.06. The second-order valence-electron chi connectivity index (χ2n) is 3.89. The number of benzene rings is 1. The Morgan fingerprint density at radius 2 is 2.00 bits per heavy atom. The fourth-order valence-electron chi connectivity index (χ4n) is 1.50. The molecule has 0 aliphatic carbocycles. The van der Waals surface area contributed by atoms with E-state index in [9.17, 15) is 15.4 Å². The SMILES string of the molecule is N#Cc1cc(C(Br)Br)cnc1Sc1ccc([N+](=O)[O-])cc1. The number of halogens is 2. The normalized spacial score (nSPS) is 10.4. The Morgan fingerprint density at radius 3 is 2.52 bits per heavy atom. The molecule has 8 heteroatoms. The summed E-state index contributed by atoms with van der Waals surface area (Å²) in [7, 11) is 0. The predicted octanol–water partition coefficient (Wildman–Crippen LogP) is 4.80. The number of hydrogen-bond acceptors (Lipinski definition) is 5. The van der Waals surface area contributed by atoms with Gasteiger partial charge in [0.05, 0.1) is 14.2 Å². The van der Waals surface area contributed by atoms with Gasteiger partial charge in [-0.1, -0.05) is 43.6 Å². The minimum absolute atomic E-state index is 0.0320. The molecule has 5 nitrogen and oxygen atoms in total. The zero-order valence-corrected chi connectivity index (χ0v) is 14.4. The molecule has 1 heterocycles. The van der Waals surface area contributed by atoms with Crippen molar-refractivity contribution in [2.24, 2.45) is 0 Å². The van der Waals surface area contributed by atoms with E-state index in [4.69, 9.17) is 0 Å². The molecular weight excluding hydrogens is 422 g/mol. The van der Waals surface area contributed by atoms with Gasteiger partial charge in [-0.3, -0.25) is 10.1 Å². The number of nitrogens with zero attached hydrogens (tertiary/aromatic N) is 3. The summed E-state index contributed by atoms with van der Waals surface area (Å²) in [6.45, 7) is 0. The van der Waals surface area contributed by atoms with Gasteiger partial charge in [0.25, 0.3) is 5.69 Å². The monoisotopic (exact) mass is 427 g/mol. The zero-order chi connectivity index (χ0) is 15.4. The quantitative estimate of drug-likeness (QED) is 0.396. The lowest BCUT2D eigenvalue weighted by molar-refractivity contribution is -0.384. The maximum Gasteiger partial charge on any atom is 0.269 e. The van der Waals surface area contributed by atoms with E-state index in [-0.39, 0.29) is 9.42 Å². The Kier molecular flexibility index (Phi) is 5.33. The Morgan fingerprint density at radius 1 is 1.33 bits per heavy atom. The van der Waals surface area contributed by atoms with Crippen LogP contribution < -0.4 is 0 Å². The minimum atomic E-state index is -0.450. The largest absolute Gasteiger partial charge is 0.269 e. The Hall–Kier alpha value is -1.43. The van der Waals surface area contributed by atoms with Crippen LogP contribution in [0.4, 0.5) is 5.69 Å². The van der Waals surface area contributed by atoms with Gasteiger partial charge in [-0.15, -0.1) is 0 Å². The van der Waals surface area contributed by atoms with Crippen LogP contribution in [-0.2, 0) is 0 Å². The first kappa shape index (κ1) is 15.9. The van der Waals surface area contributed by atoms with Crippen LogP contribution in [0.15, 0.2) is 46.5 Å². The highest BCUT2D eigenvalue weighted by molar-refractivity contribution is 9.24. The number of pyridine rings is 1. The van der Waals surface area contributed by atoms with Gasteiger partial charge in [0.2, 0.25) is 0 Å². The number of rotatable bonds is 4. The maximum atomic E-state index is 10.6. The molecule has 0 unspecified atom stereocenters. The summed E-state index contributed by atoms with van der Waals surface area (Å²) in [5, 5.41) is 20.4. The third-order valence-electron chi connectivity index (χ3n) is 2.51. The number of hydrogen-bond donors (Lipinski definition) is 0. The first-order chi connectivity index (χ1) is 10.0. The average Bonchev–Trinajstić information content (AvgIpc) is 2.48. The van der Waals surface area contributed by atoms with Crippen molar-refractivity contribution in [3.8, 4) is 6.07 Å². The molecule has 106 valence electrons. The van der Waals surface area contributed by atoms with Gasteiger partial charge in [-0.2, -0.15) is 5.26 Å².